The molecule has 0 spiro atoms. The van der Waals surface area contributed by atoms with Gasteiger partial charge in [0.05, 0.1) is 12.2 Å². The Morgan fingerprint density at radius 2 is 2.17 bits per heavy atom. The molecule has 2 heterocycles. The molecule has 0 saturated heterocycles. The number of nitrogens with zero attached hydrogens (tertiary/aromatic N) is 3. The van der Waals surface area contributed by atoms with Crippen LogP contribution < -0.4 is 11.1 Å². The maximum Gasteiger partial charge on any atom is 0.221 e. The molecule has 5 nitrogen and oxygen atoms in total. The average Bonchev–Trinajstić information content (AvgIpc) is 2.40. The van der Waals surface area contributed by atoms with Crippen LogP contribution in [0.2, 0.25) is 0 Å². The van der Waals surface area contributed by atoms with Crippen LogP contribution in [0.4, 0.5) is 11.8 Å². The molecule has 0 atom stereocenters. The summed E-state index contributed by atoms with van der Waals surface area (Å²) in [5.74, 6) is 1.04. The molecule has 0 aliphatic rings. The van der Waals surface area contributed by atoms with Gasteiger partial charge >= 0.3 is 0 Å². The van der Waals surface area contributed by atoms with E-state index in [4.69, 9.17) is 5.73 Å². The molecular formula is C13H17N5. The van der Waals surface area contributed by atoms with Gasteiger partial charge in [-0.25, -0.2) is 4.98 Å². The third-order valence-corrected chi connectivity index (χ3v) is 2.78. The normalized spacial score (nSPS) is 10.3. The first-order valence-electron chi connectivity index (χ1n) is 5.96. The van der Waals surface area contributed by atoms with Crippen molar-refractivity contribution in [2.45, 2.75) is 26.8 Å². The summed E-state index contributed by atoms with van der Waals surface area (Å²) < 4.78 is 0. The molecule has 0 saturated carbocycles. The highest BCUT2D eigenvalue weighted by atomic mass is 15.1. The van der Waals surface area contributed by atoms with Crippen LogP contribution in [-0.4, -0.2) is 15.0 Å². The van der Waals surface area contributed by atoms with Gasteiger partial charge in [0.25, 0.3) is 0 Å². The summed E-state index contributed by atoms with van der Waals surface area (Å²) >= 11 is 0. The number of hydrogen-bond acceptors (Lipinski definition) is 5. The molecule has 0 bridgehead atoms. The quantitative estimate of drug-likeness (QED) is 0.858. The van der Waals surface area contributed by atoms with Crippen LogP contribution in [0.5, 0.6) is 0 Å². The fourth-order valence-corrected chi connectivity index (χ4v) is 1.75. The van der Waals surface area contributed by atoms with Crippen LogP contribution >= 0.6 is 0 Å². The molecule has 0 aromatic carbocycles. The van der Waals surface area contributed by atoms with Gasteiger partial charge in [0.1, 0.15) is 5.82 Å². The van der Waals surface area contributed by atoms with Crippen LogP contribution in [0, 0.1) is 6.92 Å². The minimum Gasteiger partial charge on any atom is -0.368 e. The Morgan fingerprint density at radius 1 is 1.33 bits per heavy atom. The van der Waals surface area contributed by atoms with E-state index >= 15 is 0 Å². The van der Waals surface area contributed by atoms with Crippen molar-refractivity contribution in [1.82, 2.24) is 15.0 Å². The Morgan fingerprint density at radius 3 is 2.94 bits per heavy atom. The van der Waals surface area contributed by atoms with Gasteiger partial charge in [0.2, 0.25) is 5.95 Å². The van der Waals surface area contributed by atoms with Gasteiger partial charge in [-0.2, -0.15) is 4.98 Å². The molecule has 0 fully saturated rings. The van der Waals surface area contributed by atoms with E-state index in [0.29, 0.717) is 6.54 Å². The Balaban J connectivity index is 2.14. The van der Waals surface area contributed by atoms with Crippen molar-refractivity contribution < 1.29 is 0 Å². The molecule has 0 unspecified atom stereocenters. The van der Waals surface area contributed by atoms with Crippen LogP contribution in [0.3, 0.4) is 0 Å². The number of anilines is 2. The molecule has 2 aromatic rings. The Labute approximate surface area is 106 Å². The van der Waals surface area contributed by atoms with Crippen molar-refractivity contribution in [3.63, 3.8) is 0 Å². The number of aromatic nitrogens is 3. The molecule has 18 heavy (non-hydrogen) atoms. The van der Waals surface area contributed by atoms with Gasteiger partial charge in [-0.1, -0.05) is 13.0 Å². The molecule has 0 aliphatic carbocycles. The first-order chi connectivity index (χ1) is 8.70. The van der Waals surface area contributed by atoms with Crippen molar-refractivity contribution >= 4 is 11.8 Å². The largest absolute Gasteiger partial charge is 0.368 e. The number of hydrogen-bond donors (Lipinski definition) is 2. The fraction of sp³-hybridized carbons (Fsp3) is 0.308. The summed E-state index contributed by atoms with van der Waals surface area (Å²) in [5.41, 5.74) is 8.82. The van der Waals surface area contributed by atoms with Gasteiger partial charge in [-0.05, 0) is 25.0 Å². The number of nitrogens with one attached hydrogen (secondary N) is 1. The minimum atomic E-state index is 0.278. The van der Waals surface area contributed by atoms with E-state index in [1.165, 1.54) is 5.56 Å². The maximum atomic E-state index is 5.57. The van der Waals surface area contributed by atoms with E-state index in [0.717, 1.165) is 23.5 Å². The van der Waals surface area contributed by atoms with Crippen LogP contribution in [0.25, 0.3) is 0 Å². The van der Waals surface area contributed by atoms with E-state index in [1.54, 1.807) is 12.4 Å². The van der Waals surface area contributed by atoms with Crippen LogP contribution in [-0.2, 0) is 13.0 Å². The lowest BCUT2D eigenvalue weighted by Crippen LogP contribution is -2.08. The van der Waals surface area contributed by atoms with Crippen molar-refractivity contribution in [1.29, 1.82) is 0 Å². The van der Waals surface area contributed by atoms with Crippen molar-refractivity contribution in [2.24, 2.45) is 0 Å². The zero-order chi connectivity index (χ0) is 13.0. The van der Waals surface area contributed by atoms with E-state index in [2.05, 4.69) is 33.3 Å². The lowest BCUT2D eigenvalue weighted by atomic mass is 10.1. The minimum absolute atomic E-state index is 0.278. The summed E-state index contributed by atoms with van der Waals surface area (Å²) in [4.78, 5) is 12.5. The predicted molar refractivity (Wildman–Crippen MR) is 72.1 cm³/mol. The number of pyridine rings is 1. The highest BCUT2D eigenvalue weighted by Gasteiger charge is 2.04. The second kappa shape index (κ2) is 5.44. The van der Waals surface area contributed by atoms with Gasteiger partial charge in [-0.3, -0.25) is 4.98 Å². The molecule has 0 aliphatic heterocycles. The third kappa shape index (κ3) is 2.74. The monoisotopic (exact) mass is 243 g/mol. The van der Waals surface area contributed by atoms with Gasteiger partial charge in [-0.15, -0.1) is 0 Å². The molecule has 3 N–H and O–H groups in total. The maximum absolute atomic E-state index is 5.57. The number of aryl methyl sites for hydroxylation is 2. The lowest BCUT2D eigenvalue weighted by molar-refractivity contribution is 0.959. The van der Waals surface area contributed by atoms with E-state index < -0.39 is 0 Å². The van der Waals surface area contributed by atoms with Crippen molar-refractivity contribution in [3.8, 4) is 0 Å². The molecular weight excluding hydrogens is 226 g/mol. The van der Waals surface area contributed by atoms with Crippen LogP contribution in [0.15, 0.2) is 24.5 Å². The molecule has 0 radical (unpaired) electrons. The Hall–Kier alpha value is -2.17. The molecule has 0 amide bonds. The predicted octanol–water partition coefficient (Wildman–Crippen LogP) is 1.94. The second-order valence-corrected chi connectivity index (χ2v) is 4.08. The van der Waals surface area contributed by atoms with Gasteiger partial charge in [0, 0.05) is 18.0 Å². The number of nitrogen functional groups attached to an aromatic ring is 1. The molecule has 2 rings (SSSR count). The highest BCUT2D eigenvalue weighted by Crippen LogP contribution is 2.13. The van der Waals surface area contributed by atoms with E-state index in [-0.39, 0.29) is 5.95 Å². The number of nitrogens with two attached hydrogens (primary N) is 1. The summed E-state index contributed by atoms with van der Waals surface area (Å²) in [7, 11) is 0. The SMILES string of the molecule is CCc1cccnc1CNc1nc(N)ncc1C. The Kier molecular flexibility index (Phi) is 3.72. The number of rotatable bonds is 4. The summed E-state index contributed by atoms with van der Waals surface area (Å²) in [6.45, 7) is 4.71. The first-order valence-corrected chi connectivity index (χ1v) is 5.96. The van der Waals surface area contributed by atoms with Gasteiger partial charge in [0.15, 0.2) is 0 Å². The summed E-state index contributed by atoms with van der Waals surface area (Å²) in [5, 5.41) is 3.25. The van der Waals surface area contributed by atoms with E-state index in [9.17, 15) is 0 Å². The van der Waals surface area contributed by atoms with E-state index in [1.807, 2.05) is 13.0 Å². The summed E-state index contributed by atoms with van der Waals surface area (Å²) in [6, 6.07) is 4.04. The third-order valence-electron chi connectivity index (χ3n) is 2.78. The average molecular weight is 243 g/mol. The fourth-order valence-electron chi connectivity index (χ4n) is 1.75. The van der Waals surface area contributed by atoms with Crippen LogP contribution in [0.1, 0.15) is 23.7 Å². The lowest BCUT2D eigenvalue weighted by Gasteiger charge is -2.10. The molecule has 5 heteroatoms. The van der Waals surface area contributed by atoms with Gasteiger partial charge < -0.3 is 11.1 Å². The standard InChI is InChI=1S/C13H17N5/c1-3-10-5-4-6-15-11(10)8-16-12-9(2)7-17-13(14)18-12/h4-7H,3,8H2,1-2H3,(H3,14,16,17,18). The second-order valence-electron chi connectivity index (χ2n) is 4.08. The summed E-state index contributed by atoms with van der Waals surface area (Å²) in [6.07, 6.45) is 4.48. The zero-order valence-corrected chi connectivity index (χ0v) is 10.6. The smallest absolute Gasteiger partial charge is 0.221 e. The van der Waals surface area contributed by atoms with Crippen molar-refractivity contribution in [3.05, 3.63) is 41.3 Å². The zero-order valence-electron chi connectivity index (χ0n) is 10.6. The topological polar surface area (TPSA) is 76.7 Å². The molecule has 94 valence electrons. The molecule has 2 aromatic heterocycles. The van der Waals surface area contributed by atoms with Crippen molar-refractivity contribution in [2.75, 3.05) is 11.1 Å². The highest BCUT2D eigenvalue weighted by molar-refractivity contribution is 5.45. The first kappa shape index (κ1) is 12.3. The Bertz CT molecular complexity index is 539.